The zero-order valence-electron chi connectivity index (χ0n) is 53.6. The summed E-state index contributed by atoms with van der Waals surface area (Å²) in [5, 5.41) is 11.1. The van der Waals surface area contributed by atoms with Gasteiger partial charge in [-0.1, -0.05) is 140 Å². The van der Waals surface area contributed by atoms with Crippen molar-refractivity contribution >= 4 is 69.3 Å². The van der Waals surface area contributed by atoms with E-state index >= 15 is 8.42 Å². The van der Waals surface area contributed by atoms with Crippen molar-refractivity contribution in [2.75, 3.05) is 27.9 Å². The predicted molar refractivity (Wildman–Crippen MR) is 346 cm³/mol. The maximum absolute atomic E-state index is 15.7. The Morgan fingerprint density at radius 2 is 1.18 bits per heavy atom. The summed E-state index contributed by atoms with van der Waals surface area (Å²) in [5.74, 6) is -2.38. The number of hydrogen-bond donors (Lipinski definition) is 1. The lowest BCUT2D eigenvalue weighted by molar-refractivity contribution is -0.268. The third-order valence-electron chi connectivity index (χ3n) is 18.7. The minimum absolute atomic E-state index is 0.00606. The largest absolute Gasteiger partial charge is 0.458 e. The highest BCUT2D eigenvalue weighted by atomic mass is 127. The molecule has 3 aliphatic rings. The first-order chi connectivity index (χ1) is 39.6. The molecule has 1 N–H and O–H groups in total. The van der Waals surface area contributed by atoms with E-state index < -0.39 is 137 Å². The molecule has 0 spiro atoms. The van der Waals surface area contributed by atoms with E-state index in [2.05, 4.69) is 130 Å². The number of aliphatic hydroxyl groups excluding tert-OH is 1. The SMILES string of the molecule is COC(C[C@@H]1OC(C[C@@H](COC(=O)c2ccccc2)OC(=O)c2ccccc2)[C@H](OC)C1C(C(O)C[C@H]1CC[C@@H]2O[C@@H]([C@H](/C=C/I)O[Si](C)(C)C(C)(C)C)C(O[Si](C)(C)C(C)(C)C)C(O[Si](C)(C)C(C)(C)C)[C@H]2O1)S(=O)(=O)c1ccccc1)OC. The van der Waals surface area contributed by atoms with Gasteiger partial charge in [0.25, 0.3) is 0 Å². The zero-order chi connectivity index (χ0) is 63.1. The number of methoxy groups -OCH3 is 3. The summed E-state index contributed by atoms with van der Waals surface area (Å²) in [6.07, 6.45) is -7.86. The number of benzene rings is 3. The van der Waals surface area contributed by atoms with Crippen LogP contribution in [0.4, 0.5) is 0 Å². The molecule has 0 bridgehead atoms. The van der Waals surface area contributed by atoms with Gasteiger partial charge in [-0.2, -0.15) is 0 Å². The van der Waals surface area contributed by atoms with Crippen LogP contribution >= 0.6 is 22.6 Å². The van der Waals surface area contributed by atoms with Crippen LogP contribution in [0.5, 0.6) is 0 Å². The molecule has 0 radical (unpaired) electrons. The topological polar surface area (TPSA) is 190 Å². The van der Waals surface area contributed by atoms with Crippen LogP contribution in [0.1, 0.15) is 115 Å². The Hall–Kier alpha value is -2.73. The van der Waals surface area contributed by atoms with Crippen LogP contribution in [-0.2, 0) is 61.0 Å². The van der Waals surface area contributed by atoms with E-state index in [1.165, 1.54) is 33.5 Å². The van der Waals surface area contributed by atoms with Crippen LogP contribution in [-0.4, -0.2) is 163 Å². The number of carbonyl (C=O) groups excluding carboxylic acids is 2. The highest BCUT2D eigenvalue weighted by molar-refractivity contribution is 14.1. The number of aliphatic hydroxyl groups is 1. The minimum Gasteiger partial charge on any atom is -0.458 e. The molecule has 3 aromatic carbocycles. The number of hydrogen-bond acceptors (Lipinski definition) is 16. The first-order valence-electron chi connectivity index (χ1n) is 29.9. The monoisotopic (exact) mass is 1370 g/mol. The molecule has 3 heterocycles. The van der Waals surface area contributed by atoms with Gasteiger partial charge in [0.1, 0.15) is 37.1 Å². The number of rotatable bonds is 26. The molecule has 6 rings (SSSR count). The molecule has 85 heavy (non-hydrogen) atoms. The van der Waals surface area contributed by atoms with E-state index in [-0.39, 0.29) is 51.4 Å². The predicted octanol–water partition coefficient (Wildman–Crippen LogP) is 12.9. The minimum atomic E-state index is -4.46. The molecule has 14 atom stereocenters. The van der Waals surface area contributed by atoms with Crippen molar-refractivity contribution in [2.24, 2.45) is 5.92 Å². The van der Waals surface area contributed by atoms with Crippen LogP contribution < -0.4 is 0 Å². The number of fused-ring (bicyclic) bond motifs is 1. The van der Waals surface area contributed by atoms with Crippen molar-refractivity contribution in [1.29, 1.82) is 0 Å². The molecule has 0 aliphatic carbocycles. The highest BCUT2D eigenvalue weighted by Gasteiger charge is 2.60. The van der Waals surface area contributed by atoms with Crippen molar-refractivity contribution < 1.29 is 74.3 Å². The van der Waals surface area contributed by atoms with Gasteiger partial charge in [0.2, 0.25) is 0 Å². The standard InChI is InChI=1S/C64H99IO16SSi3/c1-62(2,3)83(13,14)79-49(36-37-65)56-58(81-85(17,18)64(7,8)9)57(80-84(15,16)63(4,5)6)55-48(78-56)35-34-44(75-55)38-47(66)59(82(69,70)46-32-26-21-27-33-46)53-50(40-52(71-10)72-11)77-51(54(53)73-12)39-45(76-61(68)43-30-24-20-25-31-43)41-74-60(67)42-28-22-19-23-29-42/h19-33,36-37,44-45,47-59,66H,34-35,38-41H2,1-18H3/b37-36+/t44-,45+,47?,48+,49+,50+,51?,53?,54+,55+,56+,57?,58?,59?/m1/s1. The summed E-state index contributed by atoms with van der Waals surface area (Å²) >= 11 is 2.26. The van der Waals surface area contributed by atoms with Crippen LogP contribution in [0.15, 0.2) is 106 Å². The second-order valence-corrected chi connectivity index (χ2v) is 44.7. The average Bonchev–Trinajstić information content (AvgIpc) is 1.82. The number of ether oxygens (including phenoxy) is 8. The van der Waals surface area contributed by atoms with Crippen LogP contribution in [0.3, 0.4) is 0 Å². The fourth-order valence-electron chi connectivity index (χ4n) is 10.8. The van der Waals surface area contributed by atoms with Gasteiger partial charge in [-0.25, -0.2) is 18.0 Å². The molecule has 21 heteroatoms. The van der Waals surface area contributed by atoms with Gasteiger partial charge in [0.05, 0.1) is 64.0 Å². The van der Waals surface area contributed by atoms with E-state index in [0.29, 0.717) is 18.4 Å². The molecule has 3 fully saturated rings. The summed E-state index contributed by atoms with van der Waals surface area (Å²) < 4.78 is 107. The van der Waals surface area contributed by atoms with Gasteiger partial charge < -0.3 is 56.3 Å². The Kier molecular flexibility index (Phi) is 24.7. The Bertz CT molecular complexity index is 2730. The molecule has 476 valence electrons. The fourth-order valence-corrected chi connectivity index (χ4v) is 17.2. The van der Waals surface area contributed by atoms with Crippen LogP contribution in [0.2, 0.25) is 54.4 Å². The summed E-state index contributed by atoms with van der Waals surface area (Å²) in [4.78, 5) is 27.2. The Morgan fingerprint density at radius 1 is 0.659 bits per heavy atom. The molecule has 0 saturated carbocycles. The van der Waals surface area contributed by atoms with E-state index in [0.717, 1.165) is 0 Å². The van der Waals surface area contributed by atoms with E-state index in [1.54, 1.807) is 78.9 Å². The molecule has 3 aromatic rings. The van der Waals surface area contributed by atoms with E-state index in [1.807, 2.05) is 4.08 Å². The van der Waals surface area contributed by atoms with Gasteiger partial charge in [0.15, 0.2) is 41.1 Å². The first kappa shape index (κ1) is 71.3. The molecule has 0 amide bonds. The van der Waals surface area contributed by atoms with E-state index in [9.17, 15) is 14.7 Å². The number of carbonyl (C=O) groups is 2. The smallest absolute Gasteiger partial charge is 0.338 e. The second-order valence-electron chi connectivity index (χ2n) is 27.6. The summed E-state index contributed by atoms with van der Waals surface area (Å²) in [5.41, 5.74) is 0.574. The Morgan fingerprint density at radius 3 is 1.68 bits per heavy atom. The van der Waals surface area contributed by atoms with Crippen molar-refractivity contribution in [3.8, 4) is 0 Å². The highest BCUT2D eigenvalue weighted by Crippen LogP contribution is 2.49. The van der Waals surface area contributed by atoms with E-state index in [4.69, 9.17) is 51.2 Å². The molecule has 3 aliphatic heterocycles. The quantitative estimate of drug-likeness (QED) is 0.0345. The zero-order valence-corrected chi connectivity index (χ0v) is 59.5. The van der Waals surface area contributed by atoms with Crippen LogP contribution in [0.25, 0.3) is 0 Å². The number of halogens is 1. The van der Waals surface area contributed by atoms with Crippen LogP contribution in [0, 0.1) is 5.92 Å². The van der Waals surface area contributed by atoms with Gasteiger partial charge in [0, 0.05) is 46.5 Å². The lowest BCUT2D eigenvalue weighted by Crippen LogP contribution is -2.69. The lowest BCUT2D eigenvalue weighted by atomic mass is 9.84. The number of sulfone groups is 1. The molecule has 3 saturated heterocycles. The number of esters is 2. The summed E-state index contributed by atoms with van der Waals surface area (Å²) in [6.45, 7) is 33.1. The summed E-state index contributed by atoms with van der Waals surface area (Å²) in [7, 11) is -7.70. The van der Waals surface area contributed by atoms with Crippen molar-refractivity contribution in [3.63, 3.8) is 0 Å². The van der Waals surface area contributed by atoms with Crippen molar-refractivity contribution in [3.05, 3.63) is 112 Å². The molecule has 0 aromatic heterocycles. The maximum Gasteiger partial charge on any atom is 0.338 e. The normalized spacial score (nSPS) is 26.2. The third-order valence-corrected chi connectivity index (χ3v) is 34.8. The Balaban J connectivity index is 1.43. The average molecular weight is 1370 g/mol. The van der Waals surface area contributed by atoms with Crippen molar-refractivity contribution in [1.82, 2.24) is 0 Å². The maximum atomic E-state index is 15.7. The molecular weight excluding hydrogens is 1270 g/mol. The Labute approximate surface area is 524 Å². The molecule has 16 nitrogen and oxygen atoms in total. The second kappa shape index (κ2) is 29.5. The van der Waals surface area contributed by atoms with Crippen molar-refractivity contribution in [2.45, 2.75) is 238 Å². The fraction of sp³-hybridized carbons (Fsp3) is 0.656. The van der Waals surface area contributed by atoms with Gasteiger partial charge in [-0.15, -0.1) is 0 Å². The van der Waals surface area contributed by atoms with Gasteiger partial charge >= 0.3 is 11.9 Å². The lowest BCUT2D eigenvalue weighted by Gasteiger charge is -2.56. The third kappa shape index (κ3) is 17.6. The molecular formula is C64H99IO16SSi3. The van der Waals surface area contributed by atoms with Gasteiger partial charge in [-0.3, -0.25) is 0 Å². The molecule has 6 unspecified atom stereocenters. The first-order valence-corrected chi connectivity index (χ1v) is 41.4. The van der Waals surface area contributed by atoms with Gasteiger partial charge in [-0.05, 0) is 114 Å². The summed E-state index contributed by atoms with van der Waals surface area (Å²) in [6, 6.07) is 24.9.